The van der Waals surface area contributed by atoms with E-state index in [2.05, 4.69) is 15.2 Å². The molecule has 0 radical (unpaired) electrons. The van der Waals surface area contributed by atoms with Gasteiger partial charge >= 0.3 is 0 Å². The molecule has 0 aliphatic heterocycles. The van der Waals surface area contributed by atoms with Gasteiger partial charge < -0.3 is 9.15 Å². The Morgan fingerprint density at radius 2 is 2.00 bits per heavy atom. The first-order valence-electron chi connectivity index (χ1n) is 7.28. The van der Waals surface area contributed by atoms with Crippen molar-refractivity contribution in [2.75, 3.05) is 7.11 Å². The first-order chi connectivity index (χ1) is 11.7. The maximum atomic E-state index is 12.1. The third kappa shape index (κ3) is 3.40. The number of benzene rings is 1. The van der Waals surface area contributed by atoms with E-state index in [0.29, 0.717) is 17.7 Å². The fourth-order valence-electron chi connectivity index (χ4n) is 2.31. The van der Waals surface area contributed by atoms with Crippen LogP contribution >= 0.6 is 0 Å². The Kier molecular flexibility index (Phi) is 4.51. The number of carbonyl (C=O) groups excluding carboxylic acids is 2. The second kappa shape index (κ2) is 6.91. The molecule has 0 fully saturated rings. The summed E-state index contributed by atoms with van der Waals surface area (Å²) in [5.74, 6) is 0.110. The summed E-state index contributed by atoms with van der Waals surface area (Å²) in [4.78, 5) is 27.7. The fourth-order valence-corrected chi connectivity index (χ4v) is 2.31. The molecule has 0 amide bonds. The van der Waals surface area contributed by atoms with Crippen molar-refractivity contribution in [3.63, 3.8) is 0 Å². The summed E-state index contributed by atoms with van der Waals surface area (Å²) >= 11 is 0. The molecule has 24 heavy (non-hydrogen) atoms. The van der Waals surface area contributed by atoms with Crippen LogP contribution in [0.25, 0.3) is 0 Å². The highest BCUT2D eigenvalue weighted by atomic mass is 16.5. The number of aromatic amines is 1. The monoisotopic (exact) mass is 325 g/mol. The maximum Gasteiger partial charge on any atom is 0.265 e. The van der Waals surface area contributed by atoms with E-state index in [1.165, 1.54) is 12.6 Å². The quantitative estimate of drug-likeness (QED) is 0.527. The fraction of sp³-hybridized carbons (Fsp3) is 0.176. The Bertz CT molecular complexity index is 835. The topological polar surface area (TPSA) is 98.1 Å². The molecule has 1 aromatic carbocycles. The minimum atomic E-state index is -0.691. The lowest BCUT2D eigenvalue weighted by atomic mass is 10.0. The van der Waals surface area contributed by atoms with E-state index in [0.717, 1.165) is 11.3 Å². The van der Waals surface area contributed by atoms with E-state index in [9.17, 15) is 9.59 Å². The van der Waals surface area contributed by atoms with Crippen molar-refractivity contribution >= 4 is 11.6 Å². The van der Waals surface area contributed by atoms with Crippen LogP contribution in [0.3, 0.4) is 0 Å². The molecular weight excluding hydrogens is 310 g/mol. The van der Waals surface area contributed by atoms with Gasteiger partial charge in [-0.15, -0.1) is 0 Å². The third-order valence-electron chi connectivity index (χ3n) is 3.60. The minimum Gasteiger partial charge on any atom is -0.497 e. The molecular formula is C17H15N3O4. The number of hydrogen-bond acceptors (Lipinski definition) is 6. The molecule has 0 bridgehead atoms. The molecule has 0 saturated heterocycles. The van der Waals surface area contributed by atoms with Crippen LogP contribution in [0.4, 0.5) is 0 Å². The van der Waals surface area contributed by atoms with Crippen LogP contribution in [0.15, 0.2) is 47.3 Å². The minimum absolute atomic E-state index is 0.0402. The average Bonchev–Trinajstić information content (AvgIpc) is 3.27. The number of rotatable bonds is 7. The Hall–Kier alpha value is -3.22. The van der Waals surface area contributed by atoms with E-state index >= 15 is 0 Å². The number of ketones is 2. The number of aromatic nitrogens is 3. The molecule has 7 nitrogen and oxygen atoms in total. The summed E-state index contributed by atoms with van der Waals surface area (Å²) in [5, 5.41) is 5.97. The summed E-state index contributed by atoms with van der Waals surface area (Å²) in [5.41, 5.74) is 1.70. The Balaban J connectivity index is 1.70. The second-order valence-electron chi connectivity index (χ2n) is 5.16. The van der Waals surface area contributed by atoms with Gasteiger partial charge in [-0.1, -0.05) is 12.1 Å². The number of hydrogen-bond donors (Lipinski definition) is 1. The number of furan rings is 1. The van der Waals surface area contributed by atoms with E-state index in [1.807, 2.05) is 24.3 Å². The predicted octanol–water partition coefficient (Wildman–Crippen LogP) is 1.99. The highest BCUT2D eigenvalue weighted by Crippen LogP contribution is 2.19. The second-order valence-corrected chi connectivity index (χ2v) is 5.16. The van der Waals surface area contributed by atoms with Gasteiger partial charge in [-0.2, -0.15) is 5.10 Å². The van der Waals surface area contributed by atoms with Gasteiger partial charge in [0.1, 0.15) is 17.8 Å². The van der Waals surface area contributed by atoms with E-state index in [4.69, 9.17) is 9.15 Å². The summed E-state index contributed by atoms with van der Waals surface area (Å²) in [6.45, 7) is 0. The summed E-state index contributed by atoms with van der Waals surface area (Å²) < 4.78 is 10.6. The molecule has 0 unspecified atom stereocenters. The molecule has 7 heteroatoms. The molecule has 2 heterocycles. The SMILES string of the molecule is COc1ccc(Cc2occc2CC(=O)C(=O)c2ncn[nH]2)cc1. The van der Waals surface area contributed by atoms with Gasteiger partial charge in [0.2, 0.25) is 5.78 Å². The van der Waals surface area contributed by atoms with Crippen LogP contribution in [0.1, 0.15) is 27.5 Å². The van der Waals surface area contributed by atoms with Crippen LogP contribution < -0.4 is 4.74 Å². The molecule has 0 atom stereocenters. The van der Waals surface area contributed by atoms with Crippen molar-refractivity contribution in [2.45, 2.75) is 12.8 Å². The van der Waals surface area contributed by atoms with E-state index in [1.54, 1.807) is 13.2 Å². The number of H-pyrrole nitrogens is 1. The zero-order chi connectivity index (χ0) is 16.9. The molecule has 122 valence electrons. The van der Waals surface area contributed by atoms with Gasteiger partial charge in [-0.25, -0.2) is 4.98 Å². The van der Waals surface area contributed by atoms with Crippen LogP contribution in [0.2, 0.25) is 0 Å². The number of ether oxygens (including phenoxy) is 1. The molecule has 1 N–H and O–H groups in total. The number of carbonyl (C=O) groups is 2. The maximum absolute atomic E-state index is 12.1. The zero-order valence-corrected chi connectivity index (χ0v) is 13.0. The lowest BCUT2D eigenvalue weighted by molar-refractivity contribution is -0.114. The number of methoxy groups -OCH3 is 1. The largest absolute Gasteiger partial charge is 0.497 e. The number of nitrogens with one attached hydrogen (secondary N) is 1. The third-order valence-corrected chi connectivity index (χ3v) is 3.60. The molecule has 3 rings (SSSR count). The first kappa shape index (κ1) is 15.7. The van der Waals surface area contributed by atoms with Gasteiger partial charge in [0.25, 0.3) is 5.78 Å². The molecule has 0 saturated carbocycles. The Morgan fingerprint density at radius 1 is 1.21 bits per heavy atom. The Morgan fingerprint density at radius 3 is 2.67 bits per heavy atom. The normalized spacial score (nSPS) is 10.5. The van der Waals surface area contributed by atoms with Crippen molar-refractivity contribution < 1.29 is 18.7 Å². The van der Waals surface area contributed by atoms with E-state index in [-0.39, 0.29) is 12.2 Å². The van der Waals surface area contributed by atoms with Crippen LogP contribution in [-0.2, 0) is 17.6 Å². The number of Topliss-reactive ketones (excluding diaryl/α,β-unsaturated/α-hetero) is 2. The van der Waals surface area contributed by atoms with Crippen LogP contribution in [0.5, 0.6) is 5.75 Å². The van der Waals surface area contributed by atoms with Crippen molar-refractivity contribution in [1.82, 2.24) is 15.2 Å². The summed E-state index contributed by atoms with van der Waals surface area (Å²) in [7, 11) is 1.61. The van der Waals surface area contributed by atoms with Crippen molar-refractivity contribution in [3.8, 4) is 5.75 Å². The Labute approximate surface area is 137 Å². The van der Waals surface area contributed by atoms with Gasteiger partial charge in [0, 0.05) is 18.4 Å². The highest BCUT2D eigenvalue weighted by Gasteiger charge is 2.21. The van der Waals surface area contributed by atoms with Crippen molar-refractivity contribution in [1.29, 1.82) is 0 Å². The van der Waals surface area contributed by atoms with Crippen molar-refractivity contribution in [2.24, 2.45) is 0 Å². The van der Waals surface area contributed by atoms with Gasteiger partial charge in [-0.05, 0) is 23.8 Å². The van der Waals surface area contributed by atoms with Crippen molar-refractivity contribution in [3.05, 3.63) is 65.6 Å². The van der Waals surface area contributed by atoms with Crippen LogP contribution in [-0.4, -0.2) is 33.9 Å². The predicted molar refractivity (Wildman–Crippen MR) is 83.9 cm³/mol. The average molecular weight is 325 g/mol. The number of nitrogens with zero attached hydrogens (tertiary/aromatic N) is 2. The molecule has 0 aliphatic rings. The smallest absolute Gasteiger partial charge is 0.265 e. The van der Waals surface area contributed by atoms with Gasteiger partial charge in [0.05, 0.1) is 13.4 Å². The standard InChI is InChI=1S/C17H15N3O4/c1-23-13-4-2-11(3-5-13)8-15-12(6-7-24-15)9-14(21)16(22)17-18-10-19-20-17/h2-7,10H,8-9H2,1H3,(H,18,19,20). The van der Waals surface area contributed by atoms with Gasteiger partial charge in [-0.3, -0.25) is 14.7 Å². The lowest BCUT2D eigenvalue weighted by Crippen LogP contribution is -2.18. The first-order valence-corrected chi connectivity index (χ1v) is 7.28. The van der Waals surface area contributed by atoms with Gasteiger partial charge in [0.15, 0.2) is 5.82 Å². The molecule has 0 aliphatic carbocycles. The zero-order valence-electron chi connectivity index (χ0n) is 13.0. The van der Waals surface area contributed by atoms with E-state index < -0.39 is 11.6 Å². The highest BCUT2D eigenvalue weighted by molar-refractivity contribution is 6.43. The molecule has 2 aromatic heterocycles. The summed E-state index contributed by atoms with van der Waals surface area (Å²) in [6.07, 6.45) is 3.19. The summed E-state index contributed by atoms with van der Waals surface area (Å²) in [6, 6.07) is 9.26. The van der Waals surface area contributed by atoms with Crippen LogP contribution in [0, 0.1) is 0 Å². The lowest BCUT2D eigenvalue weighted by Gasteiger charge is -2.04. The molecule has 3 aromatic rings. The molecule has 0 spiro atoms.